The average molecular weight is 114 g/mol. The molecule has 0 atom stereocenters. The Morgan fingerprint density at radius 2 is 2.25 bits per heavy atom. The highest BCUT2D eigenvalue weighted by Gasteiger charge is 2.06. The molecule has 0 spiro atoms. The van der Waals surface area contributed by atoms with Crippen LogP contribution in [-0.2, 0) is 9.63 Å². The monoisotopic (exact) mass is 114 g/mol. The van der Waals surface area contributed by atoms with Crippen LogP contribution in [-0.4, -0.2) is 12.7 Å². The minimum atomic E-state index is -0.410. The van der Waals surface area contributed by atoms with Crippen molar-refractivity contribution in [1.29, 1.82) is 0 Å². The third kappa shape index (κ3) is 2.34. The molecule has 0 saturated carbocycles. The number of carbonyl (C=O) groups excluding carboxylic acids is 1. The predicted octanol–water partition coefficient (Wildman–Crippen LogP) is 0.678. The van der Waals surface area contributed by atoms with E-state index in [1.807, 2.05) is 0 Å². The summed E-state index contributed by atoms with van der Waals surface area (Å²) in [5.74, 6) is -0.574. The maximum Gasteiger partial charge on any atom is 0.337 e. The summed E-state index contributed by atoms with van der Waals surface area (Å²) in [6, 6.07) is 0. The Bertz CT molecular complexity index is 98.6. The lowest BCUT2D eigenvalue weighted by Gasteiger charge is -1.96. The van der Waals surface area contributed by atoms with Gasteiger partial charge in [-0.25, -0.2) is 4.79 Å². The van der Waals surface area contributed by atoms with Gasteiger partial charge in [0, 0.05) is 0 Å². The van der Waals surface area contributed by atoms with Crippen LogP contribution in [0.15, 0.2) is 5.16 Å². The normalized spacial score (nSPS) is 8.88. The molecule has 0 aliphatic rings. The van der Waals surface area contributed by atoms with Gasteiger partial charge in [0.25, 0.3) is 0 Å². The van der Waals surface area contributed by atoms with Gasteiger partial charge in [0.1, 0.15) is 0 Å². The number of carbonyl (C=O) groups is 1. The zero-order chi connectivity index (χ0) is 6.57. The fourth-order valence-corrected chi connectivity index (χ4v) is 0.157. The standard InChI is InChI=1S/C5H8NO2/c1-4(2)5(7)8-6-3/h3-4H,1-2H3. The molecular weight excluding hydrogens is 106 g/mol. The molecule has 0 saturated heterocycles. The number of rotatable bonds is 2. The van der Waals surface area contributed by atoms with Crippen LogP contribution < -0.4 is 0 Å². The third-order valence-electron chi connectivity index (χ3n) is 0.614. The molecule has 1 radical (unpaired) electrons. The summed E-state index contributed by atoms with van der Waals surface area (Å²) in [4.78, 5) is 14.4. The first-order chi connectivity index (χ1) is 3.68. The SMILES string of the molecule is [CH]=NOC(=O)C(C)C. The second kappa shape index (κ2) is 3.18. The minimum absolute atomic E-state index is 0.165. The molecular formula is C5H8NO2. The van der Waals surface area contributed by atoms with E-state index in [0.29, 0.717) is 0 Å². The molecule has 3 heteroatoms. The molecule has 0 heterocycles. The summed E-state index contributed by atoms with van der Waals surface area (Å²) in [5.41, 5.74) is 0. The van der Waals surface area contributed by atoms with E-state index in [-0.39, 0.29) is 5.92 Å². The first-order valence-corrected chi connectivity index (χ1v) is 2.29. The van der Waals surface area contributed by atoms with E-state index >= 15 is 0 Å². The second-order valence-corrected chi connectivity index (χ2v) is 1.67. The van der Waals surface area contributed by atoms with Crippen LogP contribution in [0.5, 0.6) is 0 Å². The van der Waals surface area contributed by atoms with E-state index in [2.05, 4.69) is 16.7 Å². The molecule has 3 nitrogen and oxygen atoms in total. The van der Waals surface area contributed by atoms with E-state index in [1.165, 1.54) is 0 Å². The Balaban J connectivity index is 3.48. The maximum atomic E-state index is 10.3. The van der Waals surface area contributed by atoms with Gasteiger partial charge in [-0.3, -0.25) is 0 Å². The van der Waals surface area contributed by atoms with Crippen molar-refractivity contribution in [3.8, 4) is 0 Å². The van der Waals surface area contributed by atoms with Crippen molar-refractivity contribution in [2.24, 2.45) is 11.1 Å². The fraction of sp³-hybridized carbons (Fsp3) is 0.600. The lowest BCUT2D eigenvalue weighted by Crippen LogP contribution is -2.07. The van der Waals surface area contributed by atoms with Gasteiger partial charge in [0.05, 0.1) is 12.6 Å². The van der Waals surface area contributed by atoms with Crippen LogP contribution in [0.4, 0.5) is 0 Å². The molecule has 45 valence electrons. The van der Waals surface area contributed by atoms with Gasteiger partial charge in [-0.05, 0) is 0 Å². The molecule has 0 aromatic carbocycles. The number of nitrogens with zero attached hydrogens (tertiary/aromatic N) is 1. The van der Waals surface area contributed by atoms with Crippen LogP contribution in [0.1, 0.15) is 13.8 Å². The summed E-state index contributed by atoms with van der Waals surface area (Å²) in [6.45, 7) is 7.95. The summed E-state index contributed by atoms with van der Waals surface area (Å²) in [7, 11) is 0. The molecule has 0 fully saturated rings. The van der Waals surface area contributed by atoms with Crippen LogP contribution in [0.2, 0.25) is 0 Å². The summed E-state index contributed by atoms with van der Waals surface area (Å²) < 4.78 is 0. The molecule has 0 aliphatic carbocycles. The van der Waals surface area contributed by atoms with E-state index < -0.39 is 5.97 Å². The van der Waals surface area contributed by atoms with Gasteiger partial charge in [0.15, 0.2) is 0 Å². The van der Waals surface area contributed by atoms with E-state index in [9.17, 15) is 4.79 Å². The lowest BCUT2D eigenvalue weighted by atomic mass is 10.2. The molecule has 0 aliphatic heterocycles. The highest BCUT2D eigenvalue weighted by molar-refractivity contribution is 5.71. The number of hydrogen-bond donors (Lipinski definition) is 0. The van der Waals surface area contributed by atoms with Crippen molar-refractivity contribution in [2.75, 3.05) is 0 Å². The third-order valence-corrected chi connectivity index (χ3v) is 0.614. The zero-order valence-electron chi connectivity index (χ0n) is 4.92. The van der Waals surface area contributed by atoms with Crippen molar-refractivity contribution in [1.82, 2.24) is 0 Å². The molecule has 0 unspecified atom stereocenters. The van der Waals surface area contributed by atoms with Crippen molar-refractivity contribution >= 4 is 12.7 Å². The average Bonchev–Trinajstić information content (AvgIpc) is 1.67. The Morgan fingerprint density at radius 3 is 2.38 bits per heavy atom. The van der Waals surface area contributed by atoms with Gasteiger partial charge in [0.2, 0.25) is 0 Å². The number of hydrogen-bond acceptors (Lipinski definition) is 3. The van der Waals surface area contributed by atoms with Gasteiger partial charge in [-0.2, -0.15) is 0 Å². The first kappa shape index (κ1) is 7.14. The zero-order valence-corrected chi connectivity index (χ0v) is 4.92. The van der Waals surface area contributed by atoms with E-state index in [1.54, 1.807) is 13.8 Å². The first-order valence-electron chi connectivity index (χ1n) is 2.29. The quantitative estimate of drug-likeness (QED) is 0.301. The second-order valence-electron chi connectivity index (χ2n) is 1.67. The van der Waals surface area contributed by atoms with Crippen molar-refractivity contribution in [3.05, 3.63) is 0 Å². The fourth-order valence-electron chi connectivity index (χ4n) is 0.157. The Morgan fingerprint density at radius 1 is 1.75 bits per heavy atom. The summed E-state index contributed by atoms with van der Waals surface area (Å²) >= 11 is 0. The Hall–Kier alpha value is -0.860. The molecule has 0 amide bonds. The van der Waals surface area contributed by atoms with Crippen molar-refractivity contribution < 1.29 is 9.63 Å². The molecule has 8 heavy (non-hydrogen) atoms. The highest BCUT2D eigenvalue weighted by Crippen LogP contribution is 1.94. The van der Waals surface area contributed by atoms with Crippen molar-refractivity contribution in [2.45, 2.75) is 13.8 Å². The minimum Gasteiger partial charge on any atom is -0.318 e. The van der Waals surface area contributed by atoms with Gasteiger partial charge >= 0.3 is 5.97 Å². The van der Waals surface area contributed by atoms with E-state index in [0.717, 1.165) is 0 Å². The Kier molecular flexibility index (Phi) is 2.84. The lowest BCUT2D eigenvalue weighted by molar-refractivity contribution is -0.147. The molecule has 0 aromatic heterocycles. The summed E-state index contributed by atoms with van der Waals surface area (Å²) in [5, 5.41) is 2.71. The largest absolute Gasteiger partial charge is 0.337 e. The van der Waals surface area contributed by atoms with Crippen molar-refractivity contribution in [3.63, 3.8) is 0 Å². The van der Waals surface area contributed by atoms with Crippen LogP contribution in [0, 0.1) is 5.92 Å². The topological polar surface area (TPSA) is 38.7 Å². The van der Waals surface area contributed by atoms with Gasteiger partial charge < -0.3 is 4.84 Å². The summed E-state index contributed by atoms with van der Waals surface area (Å²) in [6.07, 6.45) is 0. The van der Waals surface area contributed by atoms with E-state index in [4.69, 9.17) is 0 Å². The predicted molar refractivity (Wildman–Crippen MR) is 29.4 cm³/mol. The Labute approximate surface area is 48.3 Å². The molecule has 0 N–H and O–H groups in total. The molecule has 0 aromatic rings. The molecule has 0 bridgehead atoms. The van der Waals surface area contributed by atoms with Gasteiger partial charge in [-0.1, -0.05) is 19.0 Å². The highest BCUT2D eigenvalue weighted by atomic mass is 16.7. The van der Waals surface area contributed by atoms with Crippen LogP contribution in [0.3, 0.4) is 0 Å². The van der Waals surface area contributed by atoms with Crippen LogP contribution >= 0.6 is 0 Å². The maximum absolute atomic E-state index is 10.3. The smallest absolute Gasteiger partial charge is 0.318 e. The van der Waals surface area contributed by atoms with Gasteiger partial charge in [-0.15, -0.1) is 0 Å². The van der Waals surface area contributed by atoms with Crippen LogP contribution in [0.25, 0.3) is 0 Å². The molecule has 0 rings (SSSR count).